The predicted molar refractivity (Wildman–Crippen MR) is 58.7 cm³/mol. The van der Waals surface area contributed by atoms with Crippen LogP contribution in [0.5, 0.6) is 0 Å². The van der Waals surface area contributed by atoms with E-state index in [-0.39, 0.29) is 5.56 Å². The minimum Gasteiger partial charge on any atom is -0.481 e. The molecule has 92 valence electrons. The van der Waals surface area contributed by atoms with Crippen LogP contribution in [0.3, 0.4) is 0 Å². The van der Waals surface area contributed by atoms with Gasteiger partial charge in [-0.25, -0.2) is 8.78 Å². The molecule has 1 aliphatic rings. The molecule has 1 aromatic carbocycles. The summed E-state index contributed by atoms with van der Waals surface area (Å²) in [7, 11) is 0. The summed E-state index contributed by atoms with van der Waals surface area (Å²) < 4.78 is 27.6. The second kappa shape index (κ2) is 3.52. The minimum absolute atomic E-state index is 0.0811. The van der Waals surface area contributed by atoms with E-state index < -0.39 is 34.9 Å². The number of aliphatic carboxylic acids is 1. The van der Waals surface area contributed by atoms with Crippen LogP contribution >= 0.6 is 0 Å². The van der Waals surface area contributed by atoms with E-state index in [1.807, 2.05) is 0 Å². The van der Waals surface area contributed by atoms with E-state index in [2.05, 4.69) is 0 Å². The van der Waals surface area contributed by atoms with Crippen molar-refractivity contribution >= 4 is 5.97 Å². The van der Waals surface area contributed by atoms with Crippen molar-refractivity contribution in [2.45, 2.75) is 26.7 Å². The molecule has 1 saturated carbocycles. The molecule has 0 spiro atoms. The lowest BCUT2D eigenvalue weighted by molar-refractivity contribution is -0.139. The van der Waals surface area contributed by atoms with Crippen LogP contribution in [-0.2, 0) is 4.79 Å². The Balaban J connectivity index is 2.51. The summed E-state index contributed by atoms with van der Waals surface area (Å²) in [6, 6.07) is 2.56. The third-order valence-corrected chi connectivity index (χ3v) is 3.72. The van der Waals surface area contributed by atoms with Crippen molar-refractivity contribution in [3.63, 3.8) is 0 Å². The highest BCUT2D eigenvalue weighted by atomic mass is 19.1. The number of halogens is 2. The zero-order valence-corrected chi connectivity index (χ0v) is 9.92. The van der Waals surface area contributed by atoms with Gasteiger partial charge in [-0.05, 0) is 24.0 Å². The number of benzene rings is 1. The normalized spacial score (nSPS) is 25.7. The van der Waals surface area contributed by atoms with Crippen LogP contribution in [0.4, 0.5) is 8.78 Å². The van der Waals surface area contributed by atoms with Crippen molar-refractivity contribution in [1.29, 1.82) is 0 Å². The fraction of sp³-hybridized carbons (Fsp3) is 0.462. The van der Waals surface area contributed by atoms with Crippen molar-refractivity contribution in [3.8, 4) is 0 Å². The van der Waals surface area contributed by atoms with Gasteiger partial charge in [-0.2, -0.15) is 0 Å². The zero-order valence-electron chi connectivity index (χ0n) is 9.92. The van der Waals surface area contributed by atoms with Gasteiger partial charge in [-0.15, -0.1) is 0 Å². The first-order valence-electron chi connectivity index (χ1n) is 5.45. The van der Waals surface area contributed by atoms with Gasteiger partial charge in [0.05, 0.1) is 5.92 Å². The third kappa shape index (κ3) is 1.63. The molecule has 2 rings (SSSR count). The monoisotopic (exact) mass is 240 g/mol. The summed E-state index contributed by atoms with van der Waals surface area (Å²) in [5.74, 6) is -3.57. The highest BCUT2D eigenvalue weighted by Crippen LogP contribution is 2.65. The summed E-state index contributed by atoms with van der Waals surface area (Å²) in [6.07, 6.45) is 0. The fourth-order valence-corrected chi connectivity index (χ4v) is 2.60. The zero-order chi connectivity index (χ0) is 13.0. The third-order valence-electron chi connectivity index (χ3n) is 3.72. The van der Waals surface area contributed by atoms with Gasteiger partial charge in [0.15, 0.2) is 0 Å². The Morgan fingerprint density at radius 2 is 1.94 bits per heavy atom. The van der Waals surface area contributed by atoms with Gasteiger partial charge in [0.2, 0.25) is 0 Å². The maximum absolute atomic E-state index is 13.9. The average Bonchev–Trinajstić information content (AvgIpc) is 2.76. The lowest BCUT2D eigenvalue weighted by atomic mass is 10.00. The lowest BCUT2D eigenvalue weighted by Crippen LogP contribution is -2.03. The molecule has 1 fully saturated rings. The molecule has 0 amide bonds. The van der Waals surface area contributed by atoms with Crippen LogP contribution in [0.1, 0.15) is 30.9 Å². The number of hydrogen-bond acceptors (Lipinski definition) is 1. The molecule has 4 heteroatoms. The Labute approximate surface area is 98.3 Å². The van der Waals surface area contributed by atoms with Gasteiger partial charge in [0, 0.05) is 11.5 Å². The summed E-state index contributed by atoms with van der Waals surface area (Å²) in [5, 5.41) is 9.03. The molecule has 2 atom stereocenters. The van der Waals surface area contributed by atoms with Crippen LogP contribution in [-0.4, -0.2) is 11.1 Å². The van der Waals surface area contributed by atoms with Crippen molar-refractivity contribution in [1.82, 2.24) is 0 Å². The van der Waals surface area contributed by atoms with E-state index in [0.29, 0.717) is 5.56 Å². The van der Waals surface area contributed by atoms with Crippen LogP contribution in [0, 0.1) is 29.9 Å². The van der Waals surface area contributed by atoms with E-state index in [9.17, 15) is 13.6 Å². The van der Waals surface area contributed by atoms with E-state index in [4.69, 9.17) is 5.11 Å². The molecular formula is C13H14F2O2. The van der Waals surface area contributed by atoms with Crippen molar-refractivity contribution in [3.05, 3.63) is 34.9 Å². The van der Waals surface area contributed by atoms with E-state index >= 15 is 0 Å². The van der Waals surface area contributed by atoms with Gasteiger partial charge >= 0.3 is 5.97 Å². The summed E-state index contributed by atoms with van der Waals surface area (Å²) >= 11 is 0. The number of rotatable bonds is 2. The van der Waals surface area contributed by atoms with E-state index in [1.165, 1.54) is 12.1 Å². The molecule has 0 radical (unpaired) electrons. The predicted octanol–water partition coefficient (Wildman–Crippen LogP) is 3.10. The van der Waals surface area contributed by atoms with Crippen LogP contribution in [0.2, 0.25) is 0 Å². The van der Waals surface area contributed by atoms with Gasteiger partial charge in [0.1, 0.15) is 11.6 Å². The number of carbonyl (C=O) groups is 1. The Hall–Kier alpha value is -1.45. The molecule has 1 N–H and O–H groups in total. The summed E-state index contributed by atoms with van der Waals surface area (Å²) in [5.41, 5.74) is -0.336. The maximum Gasteiger partial charge on any atom is 0.307 e. The fourth-order valence-electron chi connectivity index (χ4n) is 2.60. The maximum atomic E-state index is 13.9. The first kappa shape index (κ1) is 12.0. The summed E-state index contributed by atoms with van der Waals surface area (Å²) in [6.45, 7) is 4.98. The summed E-state index contributed by atoms with van der Waals surface area (Å²) in [4.78, 5) is 11.0. The molecular weight excluding hydrogens is 226 g/mol. The molecule has 2 nitrogen and oxygen atoms in total. The number of carboxylic acids is 1. The smallest absolute Gasteiger partial charge is 0.307 e. The first-order valence-corrected chi connectivity index (χ1v) is 5.45. The number of aryl methyl sites for hydroxylation is 1. The number of carboxylic acid groups (broad SMARTS) is 1. The van der Waals surface area contributed by atoms with Crippen molar-refractivity contribution < 1.29 is 18.7 Å². The Morgan fingerprint density at radius 1 is 1.35 bits per heavy atom. The minimum atomic E-state index is -1.000. The lowest BCUT2D eigenvalue weighted by Gasteiger charge is -2.08. The van der Waals surface area contributed by atoms with Crippen LogP contribution in [0.25, 0.3) is 0 Å². The van der Waals surface area contributed by atoms with E-state index in [1.54, 1.807) is 20.8 Å². The second-order valence-electron chi connectivity index (χ2n) is 5.21. The molecule has 1 aliphatic carbocycles. The van der Waals surface area contributed by atoms with Gasteiger partial charge in [-0.3, -0.25) is 4.79 Å². The second-order valence-corrected chi connectivity index (χ2v) is 5.21. The average molecular weight is 240 g/mol. The van der Waals surface area contributed by atoms with E-state index in [0.717, 1.165) is 0 Å². The molecule has 0 aromatic heterocycles. The quantitative estimate of drug-likeness (QED) is 0.862. The molecule has 0 aliphatic heterocycles. The Kier molecular flexibility index (Phi) is 2.49. The largest absolute Gasteiger partial charge is 0.481 e. The highest BCUT2D eigenvalue weighted by Gasteiger charge is 2.64. The molecule has 1 aromatic rings. The SMILES string of the molecule is Cc1ccc(F)c([C@H]2[C@H](C(=O)O)C2(C)C)c1F. The van der Waals surface area contributed by atoms with Crippen LogP contribution in [0.15, 0.2) is 12.1 Å². The molecule has 17 heavy (non-hydrogen) atoms. The molecule has 0 heterocycles. The number of hydrogen-bond donors (Lipinski definition) is 1. The topological polar surface area (TPSA) is 37.3 Å². The standard InChI is InChI=1S/C13H14F2O2/c1-6-4-5-7(14)8(11(6)15)9-10(12(16)17)13(9,2)3/h4-5,9-10H,1-3H3,(H,16,17)/t9-,10+/m0/s1. The van der Waals surface area contributed by atoms with Crippen molar-refractivity contribution in [2.24, 2.45) is 11.3 Å². The Morgan fingerprint density at radius 3 is 2.41 bits per heavy atom. The highest BCUT2D eigenvalue weighted by molar-refractivity contribution is 5.77. The van der Waals surface area contributed by atoms with Crippen molar-refractivity contribution in [2.75, 3.05) is 0 Å². The van der Waals surface area contributed by atoms with Gasteiger partial charge in [-0.1, -0.05) is 19.9 Å². The van der Waals surface area contributed by atoms with Gasteiger partial charge < -0.3 is 5.11 Å². The molecule has 0 saturated heterocycles. The first-order chi connectivity index (χ1) is 7.78. The van der Waals surface area contributed by atoms with Crippen LogP contribution < -0.4 is 0 Å². The Bertz CT molecular complexity index is 494. The van der Waals surface area contributed by atoms with Gasteiger partial charge in [0.25, 0.3) is 0 Å². The molecule has 0 unspecified atom stereocenters. The molecule has 0 bridgehead atoms.